The van der Waals surface area contributed by atoms with Crippen LogP contribution in [0.2, 0.25) is 0 Å². The summed E-state index contributed by atoms with van der Waals surface area (Å²) >= 11 is 0. The first-order valence-electron chi connectivity index (χ1n) is 10.2. The summed E-state index contributed by atoms with van der Waals surface area (Å²) in [6.07, 6.45) is -1.36. The molecular weight excluding hydrogens is 348 g/mol. The Balaban J connectivity index is 1.91. The van der Waals surface area contributed by atoms with Crippen LogP contribution in [0.25, 0.3) is 0 Å². The van der Waals surface area contributed by atoms with Crippen molar-refractivity contribution in [1.82, 2.24) is 0 Å². The number of carbonyl (C=O) groups excluding carboxylic acids is 2. The molecule has 1 saturated heterocycles. The summed E-state index contributed by atoms with van der Waals surface area (Å²) < 4.78 is 11.4. The van der Waals surface area contributed by atoms with E-state index in [0.717, 1.165) is 0 Å². The number of hydrogen-bond acceptors (Lipinski definition) is 6. The van der Waals surface area contributed by atoms with Gasteiger partial charge in [-0.25, -0.2) is 0 Å². The van der Waals surface area contributed by atoms with E-state index in [1.54, 1.807) is 0 Å². The molecular formula is C21H32O6. The van der Waals surface area contributed by atoms with Crippen molar-refractivity contribution in [3.8, 4) is 0 Å². The summed E-state index contributed by atoms with van der Waals surface area (Å²) in [6.45, 7) is 8.06. The highest BCUT2D eigenvalue weighted by Crippen LogP contribution is 2.68. The van der Waals surface area contributed by atoms with Gasteiger partial charge in [0.2, 0.25) is 0 Å². The number of Topliss-reactive ketones (excluding diaryl/α,β-unsaturated/α-hetero) is 1. The van der Waals surface area contributed by atoms with Crippen LogP contribution < -0.4 is 0 Å². The van der Waals surface area contributed by atoms with Gasteiger partial charge in [0.25, 0.3) is 0 Å². The smallest absolute Gasteiger partial charge is 0.306 e. The van der Waals surface area contributed by atoms with Crippen LogP contribution in [-0.2, 0) is 19.1 Å². The molecule has 0 aromatic carbocycles. The zero-order valence-electron chi connectivity index (χ0n) is 16.8. The predicted molar refractivity (Wildman–Crippen MR) is 96.6 cm³/mol. The highest BCUT2D eigenvalue weighted by Gasteiger charge is 2.73. The summed E-state index contributed by atoms with van der Waals surface area (Å²) in [4.78, 5) is 26.1. The van der Waals surface area contributed by atoms with Gasteiger partial charge in [-0.15, -0.1) is 0 Å². The number of aliphatic hydroxyl groups excluding tert-OH is 2. The van der Waals surface area contributed by atoms with E-state index < -0.39 is 35.1 Å². The number of aliphatic hydroxyl groups is 2. The lowest BCUT2D eigenvalue weighted by Crippen LogP contribution is -2.74. The van der Waals surface area contributed by atoms with E-state index in [1.165, 1.54) is 7.11 Å². The van der Waals surface area contributed by atoms with Crippen molar-refractivity contribution in [2.75, 3.05) is 7.11 Å². The van der Waals surface area contributed by atoms with E-state index in [4.69, 9.17) is 9.47 Å². The molecule has 4 rings (SSSR count). The molecule has 6 nitrogen and oxygen atoms in total. The van der Waals surface area contributed by atoms with Gasteiger partial charge in [-0.1, -0.05) is 27.7 Å². The topological polar surface area (TPSA) is 93.1 Å². The number of fused-ring (bicyclic) bond motifs is 2. The predicted octanol–water partition coefficient (Wildman–Crippen LogP) is 1.56. The van der Waals surface area contributed by atoms with Crippen LogP contribution in [0.3, 0.4) is 0 Å². The van der Waals surface area contributed by atoms with Crippen molar-refractivity contribution in [3.63, 3.8) is 0 Å². The maximum absolute atomic E-state index is 13.7. The molecule has 3 saturated carbocycles. The third kappa shape index (κ3) is 2.24. The Hall–Kier alpha value is -0.980. The third-order valence-corrected chi connectivity index (χ3v) is 8.90. The molecule has 0 unspecified atom stereocenters. The molecule has 1 aliphatic heterocycles. The Morgan fingerprint density at radius 2 is 1.74 bits per heavy atom. The average molecular weight is 380 g/mol. The van der Waals surface area contributed by atoms with Crippen LogP contribution in [0.1, 0.15) is 47.0 Å². The fraction of sp³-hybridized carbons (Fsp3) is 0.905. The SMILES string of the molecule is CO[C@@H]1C(=O)[C@@H]2[C@@]3(C)[C@H](O)[C@H](O)C[C@@H](C)[C@@H]3C[C@H]3OC(=O)C[C@@H]([C@H]1C)[C@@]23C. The van der Waals surface area contributed by atoms with Crippen LogP contribution in [0.15, 0.2) is 0 Å². The fourth-order valence-corrected chi connectivity index (χ4v) is 7.70. The highest BCUT2D eigenvalue weighted by molar-refractivity contribution is 5.89. The second kappa shape index (κ2) is 6.01. The minimum Gasteiger partial charge on any atom is -0.462 e. The molecule has 2 N–H and O–H groups in total. The van der Waals surface area contributed by atoms with Crippen LogP contribution in [-0.4, -0.2) is 53.5 Å². The fourth-order valence-electron chi connectivity index (χ4n) is 7.70. The molecule has 0 aromatic rings. The molecule has 4 fully saturated rings. The van der Waals surface area contributed by atoms with Gasteiger partial charge in [0.15, 0.2) is 5.78 Å². The molecule has 3 aliphatic carbocycles. The first-order chi connectivity index (χ1) is 12.6. The Morgan fingerprint density at radius 1 is 1.07 bits per heavy atom. The Labute approximate surface area is 160 Å². The van der Waals surface area contributed by atoms with E-state index in [-0.39, 0.29) is 47.9 Å². The van der Waals surface area contributed by atoms with Crippen molar-refractivity contribution in [1.29, 1.82) is 0 Å². The van der Waals surface area contributed by atoms with Gasteiger partial charge < -0.3 is 19.7 Å². The standard InChI is InChI=1S/C21H32O6/c1-9-6-13(22)19(25)21(4)11(9)7-14-20(3)12(8-15(23)27-14)10(2)17(26-5)16(24)18(20)21/h9-14,17-19,22,25H,6-8H2,1-5H3/t9-,10-,11+,12+,13-,14-,17+,18+,19-,20-,21+/m1/s1. The quantitative estimate of drug-likeness (QED) is 0.671. The average Bonchev–Trinajstić information content (AvgIpc) is 2.58. The lowest BCUT2D eigenvalue weighted by molar-refractivity contribution is -0.274. The molecule has 0 aromatic heterocycles. The largest absolute Gasteiger partial charge is 0.462 e. The zero-order chi connectivity index (χ0) is 19.9. The maximum atomic E-state index is 13.7. The summed E-state index contributed by atoms with van der Waals surface area (Å²) in [5.74, 6) is -0.742. The maximum Gasteiger partial charge on any atom is 0.306 e. The number of hydrogen-bond donors (Lipinski definition) is 2. The van der Waals surface area contributed by atoms with Gasteiger partial charge in [-0.2, -0.15) is 0 Å². The van der Waals surface area contributed by atoms with E-state index >= 15 is 0 Å². The first kappa shape index (κ1) is 19.3. The Morgan fingerprint density at radius 3 is 2.37 bits per heavy atom. The number of rotatable bonds is 1. The molecule has 152 valence electrons. The molecule has 0 radical (unpaired) electrons. The molecule has 0 bridgehead atoms. The number of carbonyl (C=O) groups is 2. The minimum absolute atomic E-state index is 0.000359. The van der Waals surface area contributed by atoms with E-state index in [9.17, 15) is 19.8 Å². The lowest BCUT2D eigenvalue weighted by atomic mass is 9.37. The second-order valence-electron chi connectivity index (χ2n) is 9.94. The van der Waals surface area contributed by atoms with Crippen LogP contribution in [0.4, 0.5) is 0 Å². The monoisotopic (exact) mass is 380 g/mol. The molecule has 6 heteroatoms. The van der Waals surface area contributed by atoms with Crippen molar-refractivity contribution < 1.29 is 29.3 Å². The molecule has 0 amide bonds. The van der Waals surface area contributed by atoms with Gasteiger partial charge in [0, 0.05) is 30.3 Å². The van der Waals surface area contributed by atoms with Crippen LogP contribution in [0, 0.1) is 40.4 Å². The van der Waals surface area contributed by atoms with Gasteiger partial charge in [-0.05, 0) is 36.5 Å². The molecule has 4 aliphatic rings. The van der Waals surface area contributed by atoms with Crippen molar-refractivity contribution in [2.24, 2.45) is 40.4 Å². The minimum atomic E-state index is -0.977. The van der Waals surface area contributed by atoms with Crippen LogP contribution >= 0.6 is 0 Å². The van der Waals surface area contributed by atoms with Crippen molar-refractivity contribution >= 4 is 11.8 Å². The normalized spacial score (nSPS) is 57.5. The number of ketones is 1. The number of esters is 1. The molecule has 0 spiro atoms. The van der Waals surface area contributed by atoms with Gasteiger partial charge >= 0.3 is 5.97 Å². The Kier molecular flexibility index (Phi) is 4.30. The molecule has 27 heavy (non-hydrogen) atoms. The third-order valence-electron chi connectivity index (χ3n) is 8.90. The highest BCUT2D eigenvalue weighted by atomic mass is 16.5. The van der Waals surface area contributed by atoms with Gasteiger partial charge in [0.1, 0.15) is 12.2 Å². The van der Waals surface area contributed by atoms with E-state index in [0.29, 0.717) is 12.8 Å². The summed E-state index contributed by atoms with van der Waals surface area (Å²) in [5, 5.41) is 21.7. The first-order valence-corrected chi connectivity index (χ1v) is 10.2. The van der Waals surface area contributed by atoms with E-state index in [2.05, 4.69) is 13.8 Å². The van der Waals surface area contributed by atoms with Crippen molar-refractivity contribution in [3.05, 3.63) is 0 Å². The molecule has 1 heterocycles. The number of ether oxygens (including phenoxy) is 2. The summed E-state index contributed by atoms with van der Waals surface area (Å²) in [6, 6.07) is 0. The van der Waals surface area contributed by atoms with Gasteiger partial charge in [0.05, 0.1) is 12.2 Å². The van der Waals surface area contributed by atoms with Gasteiger partial charge in [-0.3, -0.25) is 9.59 Å². The molecule has 11 atom stereocenters. The van der Waals surface area contributed by atoms with E-state index in [1.807, 2.05) is 13.8 Å². The second-order valence-corrected chi connectivity index (χ2v) is 9.94. The van der Waals surface area contributed by atoms with Crippen LogP contribution in [0.5, 0.6) is 0 Å². The van der Waals surface area contributed by atoms with Crippen molar-refractivity contribution in [2.45, 2.75) is 71.4 Å². The zero-order valence-corrected chi connectivity index (χ0v) is 16.8. The Bertz CT molecular complexity index is 663. The summed E-state index contributed by atoms with van der Waals surface area (Å²) in [5.41, 5.74) is -1.32. The summed E-state index contributed by atoms with van der Waals surface area (Å²) in [7, 11) is 1.54. The lowest BCUT2D eigenvalue weighted by Gasteiger charge is -2.68. The number of methoxy groups -OCH3 is 1.